The molecule has 3 rings (SSSR count). The van der Waals surface area contributed by atoms with Crippen LogP contribution in [0, 0.1) is 0 Å². The highest BCUT2D eigenvalue weighted by Crippen LogP contribution is 2.28. The van der Waals surface area contributed by atoms with Crippen molar-refractivity contribution in [1.29, 1.82) is 0 Å². The van der Waals surface area contributed by atoms with Crippen LogP contribution >= 0.6 is 23.3 Å². The van der Waals surface area contributed by atoms with Gasteiger partial charge in [0.15, 0.2) is 4.34 Å². The summed E-state index contributed by atoms with van der Waals surface area (Å²) in [6.07, 6.45) is 2.60. The van der Waals surface area contributed by atoms with Crippen molar-refractivity contribution in [2.45, 2.75) is 17.2 Å². The van der Waals surface area contributed by atoms with Gasteiger partial charge in [0.1, 0.15) is 0 Å². The maximum absolute atomic E-state index is 4.57. The second kappa shape index (κ2) is 4.71. The van der Waals surface area contributed by atoms with Crippen LogP contribution < -0.4 is 4.83 Å². The van der Waals surface area contributed by atoms with Gasteiger partial charge in [0.05, 0.1) is 10.2 Å². The van der Waals surface area contributed by atoms with E-state index >= 15 is 0 Å². The Hall–Kier alpha value is -0.620. The quantitative estimate of drug-likeness (QED) is 0.849. The monoisotopic (exact) mass is 251 g/mol. The van der Waals surface area contributed by atoms with Gasteiger partial charge in [0.25, 0.3) is 0 Å². The van der Waals surface area contributed by atoms with Crippen LogP contribution in [0.2, 0.25) is 0 Å². The number of fused-ring (bicyclic) bond motifs is 1. The largest absolute Gasteiger partial charge is 0.234 e. The number of nitrogens with zero attached hydrogens (tertiary/aromatic N) is 2. The first-order valence-electron chi connectivity index (χ1n) is 5.45. The molecule has 0 spiro atoms. The summed E-state index contributed by atoms with van der Waals surface area (Å²) in [4.78, 5) is 7.92. The number of para-hydroxylation sites is 1. The lowest BCUT2D eigenvalue weighted by Crippen LogP contribution is -2.29. The van der Waals surface area contributed by atoms with Gasteiger partial charge in [0, 0.05) is 25.0 Å². The van der Waals surface area contributed by atoms with Crippen molar-refractivity contribution < 1.29 is 0 Å². The van der Waals surface area contributed by atoms with Gasteiger partial charge in [-0.3, -0.25) is 0 Å². The third-order valence-electron chi connectivity index (χ3n) is 2.64. The standard InChI is InChI=1S/C11H13N3S2/c1-2-6-10-9(5-1)12-11(15-10)16-13-14-7-3-4-8-14/h1-2,5-6,13H,3-4,7-8H2. The zero-order valence-corrected chi connectivity index (χ0v) is 10.5. The van der Waals surface area contributed by atoms with Crippen molar-refractivity contribution in [3.63, 3.8) is 0 Å². The van der Waals surface area contributed by atoms with Crippen molar-refractivity contribution in [2.24, 2.45) is 0 Å². The van der Waals surface area contributed by atoms with Gasteiger partial charge in [-0.25, -0.2) is 9.99 Å². The first-order chi connectivity index (χ1) is 7.92. The maximum Gasteiger partial charge on any atom is 0.167 e. The van der Waals surface area contributed by atoms with E-state index < -0.39 is 0 Å². The molecule has 0 aliphatic carbocycles. The fourth-order valence-electron chi connectivity index (χ4n) is 1.81. The molecule has 1 aliphatic rings. The zero-order chi connectivity index (χ0) is 10.8. The molecule has 0 unspecified atom stereocenters. The molecule has 0 radical (unpaired) electrons. The number of benzene rings is 1. The molecule has 0 amide bonds. The highest BCUT2D eigenvalue weighted by molar-refractivity contribution is 7.99. The van der Waals surface area contributed by atoms with Crippen LogP contribution in [0.15, 0.2) is 28.6 Å². The summed E-state index contributed by atoms with van der Waals surface area (Å²) in [5.41, 5.74) is 1.10. The van der Waals surface area contributed by atoms with Crippen LogP contribution in [0.3, 0.4) is 0 Å². The molecule has 0 bridgehead atoms. The van der Waals surface area contributed by atoms with Crippen molar-refractivity contribution in [1.82, 2.24) is 14.8 Å². The van der Waals surface area contributed by atoms with E-state index in [1.54, 1.807) is 23.3 Å². The maximum atomic E-state index is 4.57. The lowest BCUT2D eigenvalue weighted by atomic mass is 10.3. The van der Waals surface area contributed by atoms with Crippen molar-refractivity contribution >= 4 is 33.5 Å². The zero-order valence-electron chi connectivity index (χ0n) is 8.85. The Kier molecular flexibility index (Phi) is 3.10. The normalized spacial score (nSPS) is 17.2. The van der Waals surface area contributed by atoms with E-state index in [1.165, 1.54) is 17.5 Å². The van der Waals surface area contributed by atoms with E-state index in [0.717, 1.165) is 22.9 Å². The smallest absolute Gasteiger partial charge is 0.167 e. The predicted octanol–water partition coefficient (Wildman–Crippen LogP) is 2.90. The third-order valence-corrected chi connectivity index (χ3v) is 4.59. The Bertz CT molecular complexity index is 444. The van der Waals surface area contributed by atoms with Crippen molar-refractivity contribution in [3.05, 3.63) is 24.3 Å². The minimum atomic E-state index is 1.09. The van der Waals surface area contributed by atoms with E-state index in [9.17, 15) is 0 Å². The molecule has 1 fully saturated rings. The summed E-state index contributed by atoms with van der Waals surface area (Å²) in [5, 5.41) is 2.26. The Morgan fingerprint density at radius 2 is 2.06 bits per heavy atom. The first kappa shape index (κ1) is 10.5. The van der Waals surface area contributed by atoms with Gasteiger partial charge < -0.3 is 0 Å². The molecular weight excluding hydrogens is 238 g/mol. The average Bonchev–Trinajstić information content (AvgIpc) is 2.95. The summed E-state index contributed by atoms with van der Waals surface area (Å²) < 4.78 is 2.35. The molecule has 1 aromatic carbocycles. The molecule has 0 saturated carbocycles. The van der Waals surface area contributed by atoms with E-state index in [0.29, 0.717) is 0 Å². The molecule has 2 heterocycles. The minimum absolute atomic E-state index is 1.09. The number of nitrogens with one attached hydrogen (secondary N) is 1. The molecule has 1 saturated heterocycles. The van der Waals surface area contributed by atoms with E-state index in [4.69, 9.17) is 0 Å². The fraction of sp³-hybridized carbons (Fsp3) is 0.364. The Balaban J connectivity index is 1.69. The Labute approximate surface area is 103 Å². The second-order valence-corrected chi connectivity index (χ2v) is 5.90. The van der Waals surface area contributed by atoms with E-state index in [1.807, 2.05) is 6.07 Å². The van der Waals surface area contributed by atoms with Crippen LogP contribution in [0.1, 0.15) is 12.8 Å². The van der Waals surface area contributed by atoms with Gasteiger partial charge in [-0.2, -0.15) is 4.83 Å². The van der Waals surface area contributed by atoms with Crippen LogP contribution in [0.25, 0.3) is 10.2 Å². The molecule has 1 N–H and O–H groups in total. The van der Waals surface area contributed by atoms with E-state index in [-0.39, 0.29) is 0 Å². The van der Waals surface area contributed by atoms with Crippen molar-refractivity contribution in [2.75, 3.05) is 13.1 Å². The molecule has 84 valence electrons. The SMILES string of the molecule is c1ccc2sc(SNN3CCCC3)nc2c1. The second-order valence-electron chi connectivity index (χ2n) is 3.84. The fourth-order valence-corrected chi connectivity index (χ4v) is 3.59. The van der Waals surface area contributed by atoms with Crippen LogP contribution in [0.5, 0.6) is 0 Å². The Morgan fingerprint density at radius 1 is 1.25 bits per heavy atom. The summed E-state index contributed by atoms with van der Waals surface area (Å²) in [5.74, 6) is 0. The minimum Gasteiger partial charge on any atom is -0.234 e. The number of rotatable bonds is 3. The number of thiazole rings is 1. The lowest BCUT2D eigenvalue weighted by Gasteiger charge is -2.13. The van der Waals surface area contributed by atoms with Crippen LogP contribution in [-0.4, -0.2) is 23.1 Å². The topological polar surface area (TPSA) is 28.2 Å². The summed E-state index contributed by atoms with van der Waals surface area (Å²) in [6.45, 7) is 2.30. The molecule has 1 aliphatic heterocycles. The molecule has 3 nitrogen and oxygen atoms in total. The van der Waals surface area contributed by atoms with Gasteiger partial charge >= 0.3 is 0 Å². The lowest BCUT2D eigenvalue weighted by molar-refractivity contribution is 0.315. The predicted molar refractivity (Wildman–Crippen MR) is 69.4 cm³/mol. The number of aromatic nitrogens is 1. The van der Waals surface area contributed by atoms with E-state index in [2.05, 4.69) is 33.0 Å². The van der Waals surface area contributed by atoms with Crippen molar-refractivity contribution in [3.8, 4) is 0 Å². The molecule has 5 heteroatoms. The first-order valence-corrected chi connectivity index (χ1v) is 7.08. The summed E-state index contributed by atoms with van der Waals surface area (Å²) in [7, 11) is 0. The molecule has 2 aromatic rings. The highest BCUT2D eigenvalue weighted by atomic mass is 32.2. The van der Waals surface area contributed by atoms with Gasteiger partial charge in [0.2, 0.25) is 0 Å². The number of hydrogen-bond donors (Lipinski definition) is 1. The summed E-state index contributed by atoms with van der Waals surface area (Å²) >= 11 is 3.37. The number of hydrogen-bond acceptors (Lipinski definition) is 5. The van der Waals surface area contributed by atoms with Gasteiger partial charge in [-0.05, 0) is 25.0 Å². The molecule has 16 heavy (non-hydrogen) atoms. The van der Waals surface area contributed by atoms with Gasteiger partial charge in [-0.1, -0.05) is 12.1 Å². The number of hydrazine groups is 1. The van der Waals surface area contributed by atoms with Crippen LogP contribution in [-0.2, 0) is 0 Å². The Morgan fingerprint density at radius 3 is 2.88 bits per heavy atom. The van der Waals surface area contributed by atoms with Crippen LogP contribution in [0.4, 0.5) is 0 Å². The molecule has 1 aromatic heterocycles. The molecule has 0 atom stereocenters. The average molecular weight is 251 g/mol. The highest BCUT2D eigenvalue weighted by Gasteiger charge is 2.12. The third kappa shape index (κ3) is 2.22. The van der Waals surface area contributed by atoms with Gasteiger partial charge in [-0.15, -0.1) is 11.3 Å². The molecular formula is C11H13N3S2. The summed E-state index contributed by atoms with van der Waals surface area (Å²) in [6, 6.07) is 8.27.